The molecule has 3 aromatic rings. The van der Waals surface area contributed by atoms with Gasteiger partial charge in [-0.2, -0.15) is 0 Å². The van der Waals surface area contributed by atoms with E-state index in [1.165, 1.54) is 15.3 Å². The molecule has 2 heterocycles. The molecule has 5 heteroatoms. The lowest BCUT2D eigenvalue weighted by atomic mass is 10.2. The summed E-state index contributed by atoms with van der Waals surface area (Å²) in [6, 6.07) is 12.0. The number of methoxy groups -OCH3 is 1. The number of rotatable bonds is 5. The number of halogens is 1. The van der Waals surface area contributed by atoms with Gasteiger partial charge in [-0.3, -0.25) is 0 Å². The van der Waals surface area contributed by atoms with Gasteiger partial charge in [0.2, 0.25) is 0 Å². The Bertz CT molecular complexity index is 722. The first kappa shape index (κ1) is 14.4. The van der Waals surface area contributed by atoms with E-state index in [0.717, 1.165) is 18.0 Å². The average molecular weight is 336 g/mol. The summed E-state index contributed by atoms with van der Waals surface area (Å²) in [6.07, 6.45) is 0. The lowest BCUT2D eigenvalue weighted by Gasteiger charge is -2.10. The number of hydrogen-bond acceptors (Lipinski definition) is 4. The van der Waals surface area contributed by atoms with E-state index in [1.807, 2.05) is 18.2 Å². The minimum absolute atomic E-state index is 0.698. The van der Waals surface area contributed by atoms with E-state index >= 15 is 0 Å². The molecule has 0 saturated carbocycles. The molecule has 0 bridgehead atoms. The number of ether oxygens (including phenoxy) is 1. The maximum absolute atomic E-state index is 6.04. The Morgan fingerprint density at radius 2 is 2.10 bits per heavy atom. The van der Waals surface area contributed by atoms with Crippen molar-refractivity contribution < 1.29 is 4.74 Å². The summed E-state index contributed by atoms with van der Waals surface area (Å²) in [7, 11) is 1.66. The van der Waals surface area contributed by atoms with Gasteiger partial charge in [0, 0.05) is 26.9 Å². The molecule has 0 amide bonds. The third kappa shape index (κ3) is 3.40. The van der Waals surface area contributed by atoms with Crippen molar-refractivity contribution in [2.75, 3.05) is 12.4 Å². The summed E-state index contributed by atoms with van der Waals surface area (Å²) in [5, 5.41) is 8.37. The van der Waals surface area contributed by atoms with Crippen LogP contribution in [-0.2, 0) is 6.54 Å². The molecule has 108 valence electrons. The molecule has 3 rings (SSSR count). The fraction of sp³-hybridized carbons (Fsp3) is 0.125. The topological polar surface area (TPSA) is 21.3 Å². The average Bonchev–Trinajstić information content (AvgIpc) is 3.16. The molecule has 1 aromatic carbocycles. The van der Waals surface area contributed by atoms with Crippen LogP contribution >= 0.6 is 34.3 Å². The van der Waals surface area contributed by atoms with Crippen LogP contribution in [0.2, 0.25) is 5.02 Å². The van der Waals surface area contributed by atoms with Gasteiger partial charge in [0.05, 0.1) is 12.8 Å². The predicted molar refractivity (Wildman–Crippen MR) is 93.0 cm³/mol. The van der Waals surface area contributed by atoms with E-state index in [2.05, 4.69) is 34.3 Å². The van der Waals surface area contributed by atoms with Crippen LogP contribution in [0, 0.1) is 0 Å². The van der Waals surface area contributed by atoms with Gasteiger partial charge >= 0.3 is 0 Å². The quantitative estimate of drug-likeness (QED) is 0.641. The van der Waals surface area contributed by atoms with Gasteiger partial charge in [0.15, 0.2) is 0 Å². The minimum atomic E-state index is 0.698. The summed E-state index contributed by atoms with van der Waals surface area (Å²) in [5.74, 6) is 0.800. The summed E-state index contributed by atoms with van der Waals surface area (Å²) in [4.78, 5) is 2.58. The molecule has 0 aliphatic rings. The number of benzene rings is 1. The fourth-order valence-corrected chi connectivity index (χ4v) is 3.83. The number of nitrogens with one attached hydrogen (secondary N) is 1. The van der Waals surface area contributed by atoms with Crippen LogP contribution in [0.15, 0.2) is 47.2 Å². The number of thiophene rings is 2. The van der Waals surface area contributed by atoms with Crippen molar-refractivity contribution in [3.8, 4) is 16.2 Å². The Morgan fingerprint density at radius 3 is 2.86 bits per heavy atom. The summed E-state index contributed by atoms with van der Waals surface area (Å²) in [5.41, 5.74) is 2.20. The van der Waals surface area contributed by atoms with Crippen LogP contribution in [0.25, 0.3) is 10.4 Å². The first-order valence-corrected chi connectivity index (χ1v) is 8.58. The highest BCUT2D eigenvalue weighted by Crippen LogP contribution is 2.31. The molecule has 0 saturated heterocycles. The van der Waals surface area contributed by atoms with E-state index in [-0.39, 0.29) is 0 Å². The van der Waals surface area contributed by atoms with Gasteiger partial charge in [-0.05, 0) is 41.1 Å². The van der Waals surface area contributed by atoms with Crippen LogP contribution < -0.4 is 10.1 Å². The van der Waals surface area contributed by atoms with E-state index in [4.69, 9.17) is 16.3 Å². The maximum atomic E-state index is 6.04. The largest absolute Gasteiger partial charge is 0.495 e. The predicted octanol–water partition coefficient (Wildman–Crippen LogP) is 5.75. The Balaban J connectivity index is 1.72. The number of hydrogen-bond donors (Lipinski definition) is 1. The second kappa shape index (κ2) is 6.52. The second-order valence-electron chi connectivity index (χ2n) is 4.48. The smallest absolute Gasteiger partial charge is 0.142 e. The normalized spacial score (nSPS) is 10.6. The minimum Gasteiger partial charge on any atom is -0.495 e. The van der Waals surface area contributed by atoms with Crippen molar-refractivity contribution in [1.29, 1.82) is 0 Å². The fourth-order valence-electron chi connectivity index (χ4n) is 2.05. The molecule has 0 spiro atoms. The standard InChI is InChI=1S/C16H14ClNOS2/c1-19-15-5-4-12(17)8-14(15)18-9-13-7-11(10-21-13)16-3-2-6-20-16/h2-8,10,18H,9H2,1H3. The highest BCUT2D eigenvalue weighted by molar-refractivity contribution is 7.14. The molecule has 0 atom stereocenters. The third-order valence-electron chi connectivity index (χ3n) is 3.07. The van der Waals surface area contributed by atoms with Gasteiger partial charge in [-0.1, -0.05) is 17.7 Å². The van der Waals surface area contributed by atoms with E-state index in [1.54, 1.807) is 29.8 Å². The van der Waals surface area contributed by atoms with Crippen LogP contribution in [0.3, 0.4) is 0 Å². The Labute approximate surface area is 137 Å². The van der Waals surface area contributed by atoms with Crippen molar-refractivity contribution >= 4 is 40.0 Å². The molecule has 0 aliphatic carbocycles. The second-order valence-corrected chi connectivity index (χ2v) is 6.86. The van der Waals surface area contributed by atoms with Gasteiger partial charge in [-0.25, -0.2) is 0 Å². The highest BCUT2D eigenvalue weighted by atomic mass is 35.5. The molecule has 21 heavy (non-hydrogen) atoms. The van der Waals surface area contributed by atoms with Crippen molar-refractivity contribution in [1.82, 2.24) is 0 Å². The monoisotopic (exact) mass is 335 g/mol. The first-order valence-electron chi connectivity index (χ1n) is 6.45. The zero-order valence-corrected chi connectivity index (χ0v) is 13.8. The van der Waals surface area contributed by atoms with Crippen molar-refractivity contribution in [3.63, 3.8) is 0 Å². The molecule has 2 aromatic heterocycles. The maximum Gasteiger partial charge on any atom is 0.142 e. The zero-order chi connectivity index (χ0) is 14.7. The summed E-state index contributed by atoms with van der Waals surface area (Å²) >= 11 is 9.55. The van der Waals surface area contributed by atoms with Crippen molar-refractivity contribution in [2.45, 2.75) is 6.54 Å². The number of anilines is 1. The van der Waals surface area contributed by atoms with Crippen LogP contribution in [0.1, 0.15) is 4.88 Å². The lowest BCUT2D eigenvalue weighted by molar-refractivity contribution is 0.416. The Hall–Kier alpha value is -1.49. The molecule has 0 fully saturated rings. The first-order chi connectivity index (χ1) is 10.3. The molecule has 1 N–H and O–H groups in total. The molecule has 0 aliphatic heterocycles. The molecule has 0 radical (unpaired) electrons. The zero-order valence-electron chi connectivity index (χ0n) is 11.4. The van der Waals surface area contributed by atoms with Crippen molar-refractivity contribution in [2.24, 2.45) is 0 Å². The van der Waals surface area contributed by atoms with Gasteiger partial charge in [-0.15, -0.1) is 22.7 Å². The summed E-state index contributed by atoms with van der Waals surface area (Å²) < 4.78 is 5.34. The van der Waals surface area contributed by atoms with E-state index < -0.39 is 0 Å². The third-order valence-corrected chi connectivity index (χ3v) is 5.16. The summed E-state index contributed by atoms with van der Waals surface area (Å²) in [6.45, 7) is 0.757. The van der Waals surface area contributed by atoms with Gasteiger partial charge in [0.1, 0.15) is 5.75 Å². The van der Waals surface area contributed by atoms with Gasteiger partial charge in [0.25, 0.3) is 0 Å². The van der Waals surface area contributed by atoms with E-state index in [9.17, 15) is 0 Å². The van der Waals surface area contributed by atoms with Crippen molar-refractivity contribution in [3.05, 3.63) is 57.1 Å². The van der Waals surface area contributed by atoms with Gasteiger partial charge < -0.3 is 10.1 Å². The Kier molecular flexibility index (Phi) is 4.48. The van der Waals surface area contributed by atoms with Crippen LogP contribution in [-0.4, -0.2) is 7.11 Å². The Morgan fingerprint density at radius 1 is 1.19 bits per heavy atom. The van der Waals surface area contributed by atoms with E-state index in [0.29, 0.717) is 5.02 Å². The van der Waals surface area contributed by atoms with Crippen LogP contribution in [0.4, 0.5) is 5.69 Å². The van der Waals surface area contributed by atoms with Crippen LogP contribution in [0.5, 0.6) is 5.75 Å². The molecule has 0 unspecified atom stereocenters. The molecular formula is C16H14ClNOS2. The molecular weight excluding hydrogens is 322 g/mol. The highest BCUT2D eigenvalue weighted by Gasteiger charge is 2.06. The SMILES string of the molecule is COc1ccc(Cl)cc1NCc1cc(-c2cccs2)cs1. The lowest BCUT2D eigenvalue weighted by Crippen LogP contribution is -1.99. The molecule has 2 nitrogen and oxygen atoms in total.